The molecule has 0 fully saturated rings. The third-order valence-corrected chi connectivity index (χ3v) is 2.28. The molecule has 3 nitrogen and oxygen atoms in total. The summed E-state index contributed by atoms with van der Waals surface area (Å²) < 4.78 is 10.2. The Morgan fingerprint density at radius 1 is 1.12 bits per heavy atom. The molecule has 0 unspecified atom stereocenters. The highest BCUT2D eigenvalue weighted by Crippen LogP contribution is 2.16. The monoisotopic (exact) mass is 216 g/mol. The Hall–Kier alpha value is -2.03. The molecule has 0 bridgehead atoms. The zero-order chi connectivity index (χ0) is 11.5. The van der Waals surface area contributed by atoms with E-state index < -0.39 is 5.97 Å². The third kappa shape index (κ3) is 2.14. The van der Waals surface area contributed by atoms with Crippen molar-refractivity contribution in [3.05, 3.63) is 53.5 Å². The molecule has 82 valence electrons. The predicted molar refractivity (Wildman–Crippen MR) is 59.6 cm³/mol. The maximum absolute atomic E-state index is 11.7. The molecule has 0 saturated heterocycles. The normalized spacial score (nSPS) is 10.1. The fourth-order valence-electron chi connectivity index (χ4n) is 1.34. The Morgan fingerprint density at radius 2 is 1.81 bits per heavy atom. The lowest BCUT2D eigenvalue weighted by Crippen LogP contribution is -2.08. The molecule has 0 N–H and O–H groups in total. The molecule has 0 aliphatic carbocycles. The summed E-state index contributed by atoms with van der Waals surface area (Å²) in [6.45, 7) is 3.78. The number of esters is 1. The van der Waals surface area contributed by atoms with Crippen LogP contribution >= 0.6 is 0 Å². The van der Waals surface area contributed by atoms with E-state index in [9.17, 15) is 4.79 Å². The lowest BCUT2D eigenvalue weighted by molar-refractivity contribution is 0.0700. The summed E-state index contributed by atoms with van der Waals surface area (Å²) in [5.74, 6) is 0.304. The van der Waals surface area contributed by atoms with E-state index in [-0.39, 0.29) is 5.76 Å². The number of hydrogen-bond acceptors (Lipinski definition) is 3. The minimum absolute atomic E-state index is 0.251. The van der Waals surface area contributed by atoms with Crippen molar-refractivity contribution in [1.82, 2.24) is 0 Å². The molecule has 3 heteroatoms. The van der Waals surface area contributed by atoms with E-state index in [0.717, 1.165) is 11.1 Å². The molecule has 0 aliphatic heterocycles. The van der Waals surface area contributed by atoms with Crippen LogP contribution in [-0.2, 0) is 0 Å². The van der Waals surface area contributed by atoms with E-state index in [4.69, 9.17) is 9.15 Å². The fourth-order valence-corrected chi connectivity index (χ4v) is 1.34. The van der Waals surface area contributed by atoms with E-state index in [1.807, 2.05) is 19.1 Å². The van der Waals surface area contributed by atoms with Crippen LogP contribution in [0, 0.1) is 13.8 Å². The molecule has 1 aromatic carbocycles. The molecule has 2 rings (SSSR count). The number of carbonyl (C=O) groups is 1. The summed E-state index contributed by atoms with van der Waals surface area (Å²) in [4.78, 5) is 11.7. The van der Waals surface area contributed by atoms with Crippen molar-refractivity contribution in [2.24, 2.45) is 0 Å². The zero-order valence-corrected chi connectivity index (χ0v) is 9.19. The van der Waals surface area contributed by atoms with E-state index in [1.165, 1.54) is 6.26 Å². The summed E-state index contributed by atoms with van der Waals surface area (Å²) in [5.41, 5.74) is 1.89. The SMILES string of the molecule is Cc1ccc(OC(=O)c2occc2C)cc1. The van der Waals surface area contributed by atoms with Crippen LogP contribution in [0.2, 0.25) is 0 Å². The lowest BCUT2D eigenvalue weighted by atomic mass is 10.2. The van der Waals surface area contributed by atoms with Crippen molar-refractivity contribution < 1.29 is 13.9 Å². The van der Waals surface area contributed by atoms with Gasteiger partial charge in [0.15, 0.2) is 0 Å². The van der Waals surface area contributed by atoms with Gasteiger partial charge in [0.1, 0.15) is 5.75 Å². The Morgan fingerprint density at radius 3 is 2.38 bits per heavy atom. The minimum atomic E-state index is -0.466. The smallest absolute Gasteiger partial charge is 0.379 e. The van der Waals surface area contributed by atoms with Crippen molar-refractivity contribution in [1.29, 1.82) is 0 Å². The van der Waals surface area contributed by atoms with Crippen LogP contribution < -0.4 is 4.74 Å². The van der Waals surface area contributed by atoms with Crippen LogP contribution in [0.1, 0.15) is 21.7 Å². The predicted octanol–water partition coefficient (Wildman–Crippen LogP) is 3.12. The second-order valence-electron chi connectivity index (χ2n) is 3.64. The standard InChI is InChI=1S/C13H12O3/c1-9-3-5-11(6-4-9)16-13(14)12-10(2)7-8-15-12/h3-8H,1-2H3. The largest absolute Gasteiger partial charge is 0.457 e. The van der Waals surface area contributed by atoms with Gasteiger partial charge in [0, 0.05) is 5.56 Å². The maximum atomic E-state index is 11.7. The number of ether oxygens (including phenoxy) is 1. The molecule has 0 aliphatic rings. The average Bonchev–Trinajstić information content (AvgIpc) is 2.68. The first-order valence-electron chi connectivity index (χ1n) is 5.00. The number of rotatable bonds is 2. The number of benzene rings is 1. The van der Waals surface area contributed by atoms with Crippen LogP contribution in [0.5, 0.6) is 5.75 Å². The second kappa shape index (κ2) is 4.23. The van der Waals surface area contributed by atoms with Crippen LogP contribution in [0.3, 0.4) is 0 Å². The molecular formula is C13H12O3. The first-order valence-corrected chi connectivity index (χ1v) is 5.00. The van der Waals surface area contributed by atoms with Gasteiger partial charge in [-0.25, -0.2) is 4.79 Å². The first-order chi connectivity index (χ1) is 7.66. The summed E-state index contributed by atoms with van der Waals surface area (Å²) in [7, 11) is 0. The fraction of sp³-hybridized carbons (Fsp3) is 0.154. The molecule has 0 spiro atoms. The second-order valence-corrected chi connectivity index (χ2v) is 3.64. The molecular weight excluding hydrogens is 204 g/mol. The summed E-state index contributed by atoms with van der Waals surface area (Å²) in [6.07, 6.45) is 1.47. The quantitative estimate of drug-likeness (QED) is 0.572. The molecule has 0 atom stereocenters. The molecule has 16 heavy (non-hydrogen) atoms. The van der Waals surface area contributed by atoms with E-state index in [2.05, 4.69) is 0 Å². The van der Waals surface area contributed by atoms with Crippen LogP contribution in [-0.4, -0.2) is 5.97 Å². The van der Waals surface area contributed by atoms with Crippen LogP contribution in [0.15, 0.2) is 41.0 Å². The third-order valence-electron chi connectivity index (χ3n) is 2.28. The maximum Gasteiger partial charge on any atom is 0.379 e. The molecule has 0 radical (unpaired) electrons. The Labute approximate surface area is 93.7 Å². The van der Waals surface area contributed by atoms with Gasteiger partial charge in [0.05, 0.1) is 6.26 Å². The van der Waals surface area contributed by atoms with Gasteiger partial charge >= 0.3 is 5.97 Å². The molecule has 2 aromatic rings. The molecule has 1 aromatic heterocycles. The molecule has 0 saturated carbocycles. The number of furan rings is 1. The topological polar surface area (TPSA) is 39.4 Å². The van der Waals surface area contributed by atoms with Gasteiger partial charge in [0.25, 0.3) is 0 Å². The Balaban J connectivity index is 2.14. The summed E-state index contributed by atoms with van der Waals surface area (Å²) >= 11 is 0. The van der Waals surface area contributed by atoms with E-state index in [0.29, 0.717) is 5.75 Å². The van der Waals surface area contributed by atoms with Crippen molar-refractivity contribution in [3.63, 3.8) is 0 Å². The summed E-state index contributed by atoms with van der Waals surface area (Å²) in [6, 6.07) is 9.01. The van der Waals surface area contributed by atoms with Gasteiger partial charge in [-0.1, -0.05) is 17.7 Å². The van der Waals surface area contributed by atoms with Gasteiger partial charge in [-0.2, -0.15) is 0 Å². The van der Waals surface area contributed by atoms with E-state index >= 15 is 0 Å². The highest BCUT2D eigenvalue weighted by atomic mass is 16.5. The number of aryl methyl sites for hydroxylation is 2. The van der Waals surface area contributed by atoms with Gasteiger partial charge in [-0.05, 0) is 32.0 Å². The van der Waals surface area contributed by atoms with E-state index in [1.54, 1.807) is 25.1 Å². The summed E-state index contributed by atoms with van der Waals surface area (Å²) in [5, 5.41) is 0. The Bertz CT molecular complexity index is 494. The van der Waals surface area contributed by atoms with Crippen molar-refractivity contribution in [2.75, 3.05) is 0 Å². The number of hydrogen-bond donors (Lipinski definition) is 0. The van der Waals surface area contributed by atoms with Crippen LogP contribution in [0.4, 0.5) is 0 Å². The highest BCUT2D eigenvalue weighted by molar-refractivity contribution is 5.89. The molecule has 0 amide bonds. The first kappa shape index (κ1) is 10.5. The highest BCUT2D eigenvalue weighted by Gasteiger charge is 2.14. The average molecular weight is 216 g/mol. The van der Waals surface area contributed by atoms with Crippen molar-refractivity contribution in [2.45, 2.75) is 13.8 Å². The van der Waals surface area contributed by atoms with Crippen molar-refractivity contribution >= 4 is 5.97 Å². The number of carbonyl (C=O) groups excluding carboxylic acids is 1. The van der Waals surface area contributed by atoms with Gasteiger partial charge in [-0.3, -0.25) is 0 Å². The minimum Gasteiger partial charge on any atom is -0.457 e. The Kier molecular flexibility index (Phi) is 2.77. The molecule has 1 heterocycles. The zero-order valence-electron chi connectivity index (χ0n) is 9.19. The lowest BCUT2D eigenvalue weighted by Gasteiger charge is -2.02. The van der Waals surface area contributed by atoms with Crippen LogP contribution in [0.25, 0.3) is 0 Å². The van der Waals surface area contributed by atoms with Gasteiger partial charge in [0.2, 0.25) is 5.76 Å². The van der Waals surface area contributed by atoms with Crippen molar-refractivity contribution in [3.8, 4) is 5.75 Å². The van der Waals surface area contributed by atoms with Gasteiger partial charge in [-0.15, -0.1) is 0 Å². The van der Waals surface area contributed by atoms with Gasteiger partial charge < -0.3 is 9.15 Å².